The number of rotatable bonds is 14. The molecule has 0 aromatic heterocycles. The molecule has 1 unspecified atom stereocenters. The molecule has 0 bridgehead atoms. The topological polar surface area (TPSA) is 83.1 Å². The highest BCUT2D eigenvalue weighted by Crippen LogP contribution is 2.26. The maximum absolute atomic E-state index is 12.8. The molecule has 1 aliphatic heterocycles. The third-order valence-electron chi connectivity index (χ3n) is 4.96. The van der Waals surface area contributed by atoms with E-state index in [1.807, 2.05) is 32.5 Å². The molecule has 34 heavy (non-hydrogen) atoms. The lowest BCUT2D eigenvalue weighted by atomic mass is 10.1. The highest BCUT2D eigenvalue weighted by Gasteiger charge is 2.39. The van der Waals surface area contributed by atoms with Crippen molar-refractivity contribution in [3.8, 4) is 0 Å². The average Bonchev–Trinajstić information content (AvgIpc) is 3.04. The van der Waals surface area contributed by atoms with Gasteiger partial charge in [-0.3, -0.25) is 4.79 Å². The molecule has 1 heterocycles. The molecule has 10 heteroatoms. The molecule has 2 rings (SSSR count). The lowest BCUT2D eigenvalue weighted by molar-refractivity contribution is 0.0507. The number of thioether (sulfide) groups is 2. The Morgan fingerprint density at radius 1 is 1.06 bits per heavy atom. The van der Waals surface area contributed by atoms with Gasteiger partial charge in [0.1, 0.15) is 6.61 Å². The van der Waals surface area contributed by atoms with Gasteiger partial charge < -0.3 is 23.3 Å². The molecule has 0 radical (unpaired) electrons. The van der Waals surface area contributed by atoms with E-state index >= 15 is 0 Å². The van der Waals surface area contributed by atoms with E-state index in [2.05, 4.69) is 11.9 Å². The molecule has 1 saturated heterocycles. The summed E-state index contributed by atoms with van der Waals surface area (Å²) >= 11 is 3.57. The van der Waals surface area contributed by atoms with E-state index in [1.54, 1.807) is 36.0 Å². The number of esters is 1. The monoisotopic (exact) mass is 527 g/mol. The van der Waals surface area contributed by atoms with Crippen LogP contribution in [0.5, 0.6) is 0 Å². The maximum atomic E-state index is 12.8. The van der Waals surface area contributed by atoms with Crippen LogP contribution in [0.3, 0.4) is 0 Å². The molecule has 1 fully saturated rings. The van der Waals surface area contributed by atoms with Crippen molar-refractivity contribution in [3.63, 3.8) is 0 Å². The van der Waals surface area contributed by atoms with Crippen molar-refractivity contribution in [1.82, 2.24) is 5.32 Å². The first kappa shape index (κ1) is 28.9. The van der Waals surface area contributed by atoms with E-state index in [0.29, 0.717) is 51.0 Å². The summed E-state index contributed by atoms with van der Waals surface area (Å²) in [5.41, 5.74) is 1.79. The SMILES string of the molecule is C=C1CSCC(COC(=O)c2ccccc2C(=O)NCCC[Si](OCC)(OCC)OCC)SC1. The number of amides is 1. The molecule has 190 valence electrons. The highest BCUT2D eigenvalue weighted by molar-refractivity contribution is 8.04. The summed E-state index contributed by atoms with van der Waals surface area (Å²) < 4.78 is 23.1. The van der Waals surface area contributed by atoms with Gasteiger partial charge in [0, 0.05) is 54.9 Å². The Hall–Kier alpha value is -1.30. The van der Waals surface area contributed by atoms with Crippen LogP contribution in [0.2, 0.25) is 6.04 Å². The predicted molar refractivity (Wildman–Crippen MR) is 142 cm³/mol. The molecular weight excluding hydrogens is 490 g/mol. The van der Waals surface area contributed by atoms with Gasteiger partial charge in [-0.05, 0) is 39.3 Å². The summed E-state index contributed by atoms with van der Waals surface area (Å²) in [6, 6.07) is 7.36. The van der Waals surface area contributed by atoms with Gasteiger partial charge in [0.2, 0.25) is 0 Å². The van der Waals surface area contributed by atoms with Crippen LogP contribution < -0.4 is 5.32 Å². The zero-order valence-corrected chi connectivity index (χ0v) is 23.1. The zero-order chi connectivity index (χ0) is 24.8. The second kappa shape index (κ2) is 15.6. The van der Waals surface area contributed by atoms with Crippen LogP contribution in [-0.2, 0) is 18.0 Å². The van der Waals surface area contributed by atoms with Gasteiger partial charge in [0.15, 0.2) is 0 Å². The molecule has 7 nitrogen and oxygen atoms in total. The lowest BCUT2D eigenvalue weighted by Crippen LogP contribution is -2.46. The molecule has 1 atom stereocenters. The van der Waals surface area contributed by atoms with Crippen LogP contribution in [0.1, 0.15) is 47.9 Å². The van der Waals surface area contributed by atoms with Crippen LogP contribution in [0, 0.1) is 0 Å². The summed E-state index contributed by atoms with van der Waals surface area (Å²) in [6.07, 6.45) is 0.645. The first-order valence-corrected chi connectivity index (χ1v) is 15.9. The van der Waals surface area contributed by atoms with Gasteiger partial charge in [-0.15, -0.1) is 11.8 Å². The predicted octanol–water partition coefficient (Wildman–Crippen LogP) is 4.42. The summed E-state index contributed by atoms with van der Waals surface area (Å²) in [4.78, 5) is 25.6. The van der Waals surface area contributed by atoms with Gasteiger partial charge in [0.25, 0.3) is 5.91 Å². The minimum atomic E-state index is -2.75. The number of hydrogen-bond donors (Lipinski definition) is 1. The largest absolute Gasteiger partial charge is 0.500 e. The van der Waals surface area contributed by atoms with Gasteiger partial charge in [-0.25, -0.2) is 4.79 Å². The maximum Gasteiger partial charge on any atom is 0.500 e. The van der Waals surface area contributed by atoms with Crippen LogP contribution in [0.4, 0.5) is 0 Å². The Bertz CT molecular complexity index is 792. The van der Waals surface area contributed by atoms with E-state index in [1.165, 1.54) is 5.57 Å². The van der Waals surface area contributed by atoms with Crippen molar-refractivity contribution >= 4 is 44.2 Å². The smallest absolute Gasteiger partial charge is 0.461 e. The molecular formula is C24H37NO6S2Si. The summed E-state index contributed by atoms with van der Waals surface area (Å²) in [5, 5.41) is 3.13. The normalized spacial score (nSPS) is 16.7. The fourth-order valence-electron chi connectivity index (χ4n) is 3.47. The molecule has 0 saturated carbocycles. The second-order valence-corrected chi connectivity index (χ2v) is 12.7. The Balaban J connectivity index is 1.90. The number of ether oxygens (including phenoxy) is 1. The Morgan fingerprint density at radius 2 is 1.71 bits per heavy atom. The minimum Gasteiger partial charge on any atom is -0.461 e. The fourth-order valence-corrected chi connectivity index (χ4v) is 8.49. The van der Waals surface area contributed by atoms with E-state index in [4.69, 9.17) is 18.0 Å². The summed E-state index contributed by atoms with van der Waals surface area (Å²) in [7, 11) is -2.75. The molecule has 1 amide bonds. The number of carbonyl (C=O) groups is 2. The van der Waals surface area contributed by atoms with Crippen LogP contribution in [0.15, 0.2) is 36.4 Å². The van der Waals surface area contributed by atoms with Crippen LogP contribution >= 0.6 is 23.5 Å². The fraction of sp³-hybridized carbons (Fsp3) is 0.583. The van der Waals surface area contributed by atoms with Crippen molar-refractivity contribution in [2.24, 2.45) is 0 Å². The molecule has 1 N–H and O–H groups in total. The van der Waals surface area contributed by atoms with Gasteiger partial charge >= 0.3 is 14.8 Å². The third-order valence-corrected chi connectivity index (χ3v) is 10.9. The van der Waals surface area contributed by atoms with Crippen molar-refractivity contribution < 1.29 is 27.6 Å². The van der Waals surface area contributed by atoms with E-state index in [0.717, 1.165) is 17.3 Å². The highest BCUT2D eigenvalue weighted by atomic mass is 32.2. The van der Waals surface area contributed by atoms with E-state index in [9.17, 15) is 9.59 Å². The first-order valence-electron chi connectivity index (χ1n) is 11.8. The number of benzene rings is 1. The number of nitrogens with one attached hydrogen (secondary N) is 1. The van der Waals surface area contributed by atoms with Crippen molar-refractivity contribution in [1.29, 1.82) is 0 Å². The molecule has 0 spiro atoms. The van der Waals surface area contributed by atoms with Crippen molar-refractivity contribution in [2.75, 3.05) is 50.2 Å². The number of hydrogen-bond acceptors (Lipinski definition) is 8. The first-order chi connectivity index (χ1) is 16.4. The Labute approximate surface area is 213 Å². The molecule has 1 aromatic carbocycles. The van der Waals surface area contributed by atoms with Crippen molar-refractivity contribution in [2.45, 2.75) is 38.5 Å². The van der Waals surface area contributed by atoms with Gasteiger partial charge in [0.05, 0.1) is 11.1 Å². The molecule has 1 aromatic rings. The van der Waals surface area contributed by atoms with Crippen LogP contribution in [-0.4, -0.2) is 76.2 Å². The molecule has 0 aliphatic carbocycles. The Kier molecular flexibility index (Phi) is 13.3. The quantitative estimate of drug-likeness (QED) is 0.165. The number of carbonyl (C=O) groups excluding carboxylic acids is 2. The summed E-state index contributed by atoms with van der Waals surface area (Å²) in [5.74, 6) is 1.96. The lowest BCUT2D eigenvalue weighted by Gasteiger charge is -2.28. The van der Waals surface area contributed by atoms with E-state index < -0.39 is 14.8 Å². The zero-order valence-electron chi connectivity index (χ0n) is 20.4. The third kappa shape index (κ3) is 9.39. The minimum absolute atomic E-state index is 0.222. The summed E-state index contributed by atoms with van der Waals surface area (Å²) in [6.45, 7) is 12.1. The average molecular weight is 528 g/mol. The second-order valence-electron chi connectivity index (χ2n) is 7.68. The molecule has 1 aliphatic rings. The standard InChI is InChI=1S/C24H37NO6S2Si/c1-5-29-34(30-6-2,31-7-3)14-10-13-25-23(26)21-11-8-9-12-22(21)24(27)28-15-20-18-32-16-19(4)17-33-20/h8-9,11-12,20H,4-7,10,13-18H2,1-3H3,(H,25,26). The van der Waals surface area contributed by atoms with Gasteiger partial charge in [-0.2, -0.15) is 11.8 Å². The van der Waals surface area contributed by atoms with Gasteiger partial charge in [-0.1, -0.05) is 24.3 Å². The van der Waals surface area contributed by atoms with Crippen LogP contribution in [0.25, 0.3) is 0 Å². The Morgan fingerprint density at radius 3 is 2.35 bits per heavy atom. The van der Waals surface area contributed by atoms with Crippen molar-refractivity contribution in [3.05, 3.63) is 47.5 Å². The van der Waals surface area contributed by atoms with E-state index in [-0.39, 0.29) is 16.7 Å².